The molecule has 1 aliphatic rings. The van der Waals surface area contributed by atoms with Crippen molar-refractivity contribution in [3.63, 3.8) is 0 Å². The Hall–Kier alpha value is -3.62. The highest BCUT2D eigenvalue weighted by Gasteiger charge is 2.39. The summed E-state index contributed by atoms with van der Waals surface area (Å²) in [5, 5.41) is 0. The van der Waals surface area contributed by atoms with Gasteiger partial charge < -0.3 is 9.47 Å². The molecule has 0 atom stereocenters. The molecule has 0 saturated heterocycles. The van der Waals surface area contributed by atoms with Crippen LogP contribution in [-0.2, 0) is 11.8 Å². The van der Waals surface area contributed by atoms with Crippen LogP contribution < -0.4 is 9.47 Å². The Morgan fingerprint density at radius 1 is 0.759 bits per heavy atom. The SMILES string of the molecule is C#CCOc1cc(CC2(C)c3ccccc3-c3ccccc32)cc(OCC#C)c1. The fourth-order valence-corrected chi connectivity index (χ4v) is 4.29. The van der Waals surface area contributed by atoms with Crippen LogP contribution in [0.4, 0.5) is 0 Å². The molecule has 0 heterocycles. The van der Waals surface area contributed by atoms with Crippen LogP contribution in [-0.4, -0.2) is 13.2 Å². The van der Waals surface area contributed by atoms with Crippen molar-refractivity contribution < 1.29 is 9.47 Å². The van der Waals surface area contributed by atoms with Gasteiger partial charge in [0, 0.05) is 11.5 Å². The summed E-state index contributed by atoms with van der Waals surface area (Å²) in [4.78, 5) is 0. The van der Waals surface area contributed by atoms with Crippen molar-refractivity contribution in [1.82, 2.24) is 0 Å². The van der Waals surface area contributed by atoms with Gasteiger partial charge in [0.15, 0.2) is 0 Å². The lowest BCUT2D eigenvalue weighted by atomic mass is 9.75. The van der Waals surface area contributed by atoms with Gasteiger partial charge in [-0.25, -0.2) is 0 Å². The number of rotatable bonds is 6. The molecule has 29 heavy (non-hydrogen) atoms. The molecular formula is C27H22O2. The molecule has 2 heteroatoms. The first-order valence-corrected chi connectivity index (χ1v) is 9.61. The van der Waals surface area contributed by atoms with E-state index in [2.05, 4.69) is 67.3 Å². The van der Waals surface area contributed by atoms with Crippen LogP contribution in [0, 0.1) is 24.7 Å². The van der Waals surface area contributed by atoms with Gasteiger partial charge in [0.2, 0.25) is 0 Å². The lowest BCUT2D eigenvalue weighted by Crippen LogP contribution is -2.24. The van der Waals surface area contributed by atoms with Crippen molar-refractivity contribution in [2.75, 3.05) is 13.2 Å². The van der Waals surface area contributed by atoms with Crippen molar-refractivity contribution in [3.05, 3.63) is 83.4 Å². The first-order chi connectivity index (χ1) is 14.2. The Labute approximate surface area is 172 Å². The summed E-state index contributed by atoms with van der Waals surface area (Å²) < 4.78 is 11.4. The molecule has 0 saturated carbocycles. The van der Waals surface area contributed by atoms with Gasteiger partial charge in [0.05, 0.1) is 0 Å². The average Bonchev–Trinajstić information content (AvgIpc) is 3.00. The molecule has 0 aliphatic heterocycles. The van der Waals surface area contributed by atoms with Crippen LogP contribution in [0.25, 0.3) is 11.1 Å². The molecule has 0 unspecified atom stereocenters. The zero-order valence-electron chi connectivity index (χ0n) is 16.4. The van der Waals surface area contributed by atoms with Crippen LogP contribution in [0.2, 0.25) is 0 Å². The second-order valence-corrected chi connectivity index (χ2v) is 7.40. The van der Waals surface area contributed by atoms with Crippen LogP contribution in [0.3, 0.4) is 0 Å². The molecule has 0 bridgehead atoms. The Balaban J connectivity index is 1.77. The van der Waals surface area contributed by atoms with Crippen LogP contribution in [0.1, 0.15) is 23.6 Å². The van der Waals surface area contributed by atoms with E-state index in [0.717, 1.165) is 12.0 Å². The Morgan fingerprint density at radius 2 is 1.24 bits per heavy atom. The van der Waals surface area contributed by atoms with Crippen molar-refractivity contribution in [1.29, 1.82) is 0 Å². The first-order valence-electron chi connectivity index (χ1n) is 9.61. The quantitative estimate of drug-likeness (QED) is 0.546. The van der Waals surface area contributed by atoms with Gasteiger partial charge in [-0.3, -0.25) is 0 Å². The number of hydrogen-bond acceptors (Lipinski definition) is 2. The lowest BCUT2D eigenvalue weighted by molar-refractivity contribution is 0.350. The van der Waals surface area contributed by atoms with Crippen molar-refractivity contribution in [2.45, 2.75) is 18.8 Å². The number of fused-ring (bicyclic) bond motifs is 3. The molecular weight excluding hydrogens is 356 g/mol. The minimum Gasteiger partial charge on any atom is -0.481 e. The maximum Gasteiger partial charge on any atom is 0.148 e. The predicted molar refractivity (Wildman–Crippen MR) is 117 cm³/mol. The average molecular weight is 378 g/mol. The third kappa shape index (κ3) is 3.46. The smallest absolute Gasteiger partial charge is 0.148 e. The van der Waals surface area contributed by atoms with E-state index in [1.807, 2.05) is 18.2 Å². The first kappa shape index (κ1) is 18.7. The van der Waals surface area contributed by atoms with E-state index >= 15 is 0 Å². The summed E-state index contributed by atoms with van der Waals surface area (Å²) in [5.41, 5.74) is 6.23. The summed E-state index contributed by atoms with van der Waals surface area (Å²) in [6, 6.07) is 23.2. The van der Waals surface area contributed by atoms with Crippen LogP contribution in [0.5, 0.6) is 11.5 Å². The summed E-state index contributed by atoms with van der Waals surface area (Å²) in [7, 11) is 0. The standard InChI is InChI=1S/C27H22O2/c1-4-14-28-21-16-20(17-22(18-21)29-15-5-2)19-27(3)25-12-8-6-10-23(25)24-11-7-9-13-26(24)27/h1-2,6-13,16-18H,14-15,19H2,3H3. The van der Waals surface area contributed by atoms with Gasteiger partial charge in [-0.2, -0.15) is 0 Å². The van der Waals surface area contributed by atoms with E-state index in [1.165, 1.54) is 22.3 Å². The molecule has 3 aromatic carbocycles. The van der Waals surface area contributed by atoms with Gasteiger partial charge in [0.25, 0.3) is 0 Å². The molecule has 0 radical (unpaired) electrons. The maximum absolute atomic E-state index is 5.69. The van der Waals surface area contributed by atoms with Crippen molar-refractivity contribution in [2.24, 2.45) is 0 Å². The predicted octanol–water partition coefficient (Wildman–Crippen LogP) is 5.24. The lowest BCUT2D eigenvalue weighted by Gasteiger charge is -2.28. The largest absolute Gasteiger partial charge is 0.481 e. The Morgan fingerprint density at radius 3 is 1.72 bits per heavy atom. The number of ether oxygens (including phenoxy) is 2. The molecule has 0 aromatic heterocycles. The van der Waals surface area contributed by atoms with E-state index in [1.54, 1.807) is 0 Å². The minimum absolute atomic E-state index is 0.151. The highest BCUT2D eigenvalue weighted by Crippen LogP contribution is 2.50. The summed E-state index contributed by atoms with van der Waals surface area (Å²) >= 11 is 0. The minimum atomic E-state index is -0.151. The monoisotopic (exact) mass is 378 g/mol. The number of terminal acetylenes is 2. The van der Waals surface area contributed by atoms with E-state index < -0.39 is 0 Å². The molecule has 4 rings (SSSR count). The van der Waals surface area contributed by atoms with E-state index in [9.17, 15) is 0 Å². The zero-order valence-corrected chi connectivity index (χ0v) is 16.4. The fourth-order valence-electron chi connectivity index (χ4n) is 4.29. The second-order valence-electron chi connectivity index (χ2n) is 7.40. The fraction of sp³-hybridized carbons (Fsp3) is 0.185. The van der Waals surface area contributed by atoms with Gasteiger partial charge in [-0.1, -0.05) is 67.3 Å². The van der Waals surface area contributed by atoms with E-state index in [-0.39, 0.29) is 18.6 Å². The summed E-state index contributed by atoms with van der Waals surface area (Å²) in [6.45, 7) is 2.72. The molecule has 2 nitrogen and oxygen atoms in total. The Bertz CT molecular complexity index is 1050. The molecule has 0 amide bonds. The summed E-state index contributed by atoms with van der Waals surface area (Å²) in [5.74, 6) is 6.40. The molecule has 142 valence electrons. The molecule has 1 aliphatic carbocycles. The molecule has 0 spiro atoms. The normalized spacial score (nSPS) is 12.9. The van der Waals surface area contributed by atoms with Crippen molar-refractivity contribution in [3.8, 4) is 47.3 Å². The van der Waals surface area contributed by atoms with E-state index in [4.69, 9.17) is 22.3 Å². The third-order valence-corrected chi connectivity index (χ3v) is 5.48. The topological polar surface area (TPSA) is 18.5 Å². The number of hydrogen-bond donors (Lipinski definition) is 0. The third-order valence-electron chi connectivity index (χ3n) is 5.48. The van der Waals surface area contributed by atoms with Crippen LogP contribution in [0.15, 0.2) is 66.7 Å². The van der Waals surface area contributed by atoms with Gasteiger partial charge >= 0.3 is 0 Å². The van der Waals surface area contributed by atoms with Crippen molar-refractivity contribution >= 4 is 0 Å². The second kappa shape index (κ2) is 7.78. The van der Waals surface area contributed by atoms with Gasteiger partial charge in [-0.15, -0.1) is 12.8 Å². The molecule has 3 aromatic rings. The maximum atomic E-state index is 5.69. The van der Waals surface area contributed by atoms with Gasteiger partial charge in [-0.05, 0) is 46.4 Å². The molecule has 0 fully saturated rings. The highest BCUT2D eigenvalue weighted by atomic mass is 16.5. The highest BCUT2D eigenvalue weighted by molar-refractivity contribution is 5.81. The zero-order chi connectivity index (χ0) is 20.3. The van der Waals surface area contributed by atoms with E-state index in [0.29, 0.717) is 11.5 Å². The van der Waals surface area contributed by atoms with Crippen LogP contribution >= 0.6 is 0 Å². The van der Waals surface area contributed by atoms with Gasteiger partial charge in [0.1, 0.15) is 24.7 Å². The Kier molecular flexibility index (Phi) is 5.03. The molecule has 0 N–H and O–H groups in total. The summed E-state index contributed by atoms with van der Waals surface area (Å²) in [6.07, 6.45) is 11.5. The number of benzene rings is 3.